The van der Waals surface area contributed by atoms with Crippen LogP contribution >= 0.6 is 15.9 Å². The molecule has 1 atom stereocenters. The normalized spacial score (nSPS) is 13.0. The van der Waals surface area contributed by atoms with Crippen LogP contribution in [-0.2, 0) is 0 Å². The van der Waals surface area contributed by atoms with Gasteiger partial charge < -0.3 is 5.32 Å². The summed E-state index contributed by atoms with van der Waals surface area (Å²) in [6, 6.07) is 5.66. The number of nitrogens with one attached hydrogen (secondary N) is 1. The van der Waals surface area contributed by atoms with Crippen LogP contribution < -0.4 is 5.32 Å². The Bertz CT molecular complexity index is 364. The van der Waals surface area contributed by atoms with Gasteiger partial charge in [0.2, 0.25) is 0 Å². The summed E-state index contributed by atoms with van der Waals surface area (Å²) in [7, 11) is 0. The van der Waals surface area contributed by atoms with Crippen molar-refractivity contribution in [3.05, 3.63) is 34.1 Å². The minimum absolute atomic E-state index is 0.109. The monoisotopic (exact) mass is 315 g/mol. The molecule has 0 heterocycles. The van der Waals surface area contributed by atoms with Crippen LogP contribution in [0.4, 0.5) is 4.39 Å². The average Bonchev–Trinajstić information content (AvgIpc) is 2.38. The molecule has 18 heavy (non-hydrogen) atoms. The fraction of sp³-hybridized carbons (Fsp3) is 0.600. The fourth-order valence-electron chi connectivity index (χ4n) is 2.35. The first-order valence-electron chi connectivity index (χ1n) is 6.82. The lowest BCUT2D eigenvalue weighted by Gasteiger charge is -2.27. The third kappa shape index (κ3) is 3.79. The van der Waals surface area contributed by atoms with Crippen molar-refractivity contribution in [2.45, 2.75) is 46.1 Å². The molecule has 0 amide bonds. The molecule has 1 N–H and O–H groups in total. The van der Waals surface area contributed by atoms with Crippen molar-refractivity contribution in [3.8, 4) is 0 Å². The molecule has 0 aliphatic heterocycles. The van der Waals surface area contributed by atoms with Gasteiger partial charge in [-0.1, -0.05) is 45.7 Å². The summed E-state index contributed by atoms with van der Waals surface area (Å²) in [6.45, 7) is 7.40. The summed E-state index contributed by atoms with van der Waals surface area (Å²) in [5.74, 6) is 0.346. The Kier molecular flexibility index (Phi) is 6.87. The third-order valence-electron chi connectivity index (χ3n) is 3.45. The zero-order valence-electron chi connectivity index (χ0n) is 11.5. The lowest BCUT2D eigenvalue weighted by molar-refractivity contribution is 0.332. The average molecular weight is 316 g/mol. The van der Waals surface area contributed by atoms with Gasteiger partial charge in [0.05, 0.1) is 4.47 Å². The molecule has 1 unspecified atom stereocenters. The molecule has 1 rings (SSSR count). The van der Waals surface area contributed by atoms with E-state index in [4.69, 9.17) is 0 Å². The van der Waals surface area contributed by atoms with Crippen molar-refractivity contribution in [1.29, 1.82) is 0 Å². The summed E-state index contributed by atoms with van der Waals surface area (Å²) in [5, 5.41) is 3.49. The molecular weight excluding hydrogens is 293 g/mol. The minimum atomic E-state index is -0.127. The highest BCUT2D eigenvalue weighted by Crippen LogP contribution is 2.31. The second-order valence-electron chi connectivity index (χ2n) is 4.65. The van der Waals surface area contributed by atoms with Crippen LogP contribution in [0, 0.1) is 11.7 Å². The maximum Gasteiger partial charge on any atom is 0.142 e. The molecule has 1 aromatic rings. The van der Waals surface area contributed by atoms with E-state index in [1.54, 1.807) is 6.07 Å². The Morgan fingerprint density at radius 1 is 1.22 bits per heavy atom. The number of benzene rings is 1. The first-order chi connectivity index (χ1) is 8.65. The van der Waals surface area contributed by atoms with Gasteiger partial charge in [0, 0.05) is 11.6 Å². The summed E-state index contributed by atoms with van der Waals surface area (Å²) in [4.78, 5) is 0. The molecule has 0 aromatic heterocycles. The predicted molar refractivity (Wildman–Crippen MR) is 79.2 cm³/mol. The quantitative estimate of drug-likeness (QED) is 0.741. The van der Waals surface area contributed by atoms with Crippen molar-refractivity contribution < 1.29 is 4.39 Å². The van der Waals surface area contributed by atoms with Gasteiger partial charge in [-0.25, -0.2) is 4.39 Å². The van der Waals surface area contributed by atoms with Gasteiger partial charge in [0.1, 0.15) is 5.82 Å². The molecule has 3 heteroatoms. The van der Waals surface area contributed by atoms with Gasteiger partial charge >= 0.3 is 0 Å². The zero-order valence-corrected chi connectivity index (χ0v) is 13.1. The largest absolute Gasteiger partial charge is 0.310 e. The van der Waals surface area contributed by atoms with E-state index >= 15 is 0 Å². The Hall–Kier alpha value is -0.410. The summed E-state index contributed by atoms with van der Waals surface area (Å²) < 4.78 is 14.8. The van der Waals surface area contributed by atoms with Crippen LogP contribution in [0.1, 0.15) is 51.6 Å². The molecule has 0 aliphatic rings. The third-order valence-corrected chi connectivity index (χ3v) is 4.06. The van der Waals surface area contributed by atoms with Crippen molar-refractivity contribution in [2.24, 2.45) is 5.92 Å². The molecule has 0 saturated heterocycles. The molecule has 102 valence electrons. The second kappa shape index (κ2) is 7.90. The van der Waals surface area contributed by atoms with Gasteiger partial charge in [-0.15, -0.1) is 0 Å². The fourth-order valence-corrected chi connectivity index (χ4v) is 2.73. The molecule has 0 bridgehead atoms. The first-order valence-corrected chi connectivity index (χ1v) is 7.62. The van der Waals surface area contributed by atoms with Crippen molar-refractivity contribution in [1.82, 2.24) is 5.32 Å². The zero-order chi connectivity index (χ0) is 13.5. The molecule has 0 fully saturated rings. The molecule has 0 spiro atoms. The molecule has 0 saturated carbocycles. The van der Waals surface area contributed by atoms with Crippen LogP contribution in [0.25, 0.3) is 0 Å². The molecule has 1 aromatic carbocycles. The molecular formula is C15H23BrFN. The molecule has 1 nitrogen and oxygen atoms in total. The van der Waals surface area contributed by atoms with Crippen LogP contribution in [0.15, 0.2) is 22.7 Å². The van der Waals surface area contributed by atoms with E-state index in [-0.39, 0.29) is 11.9 Å². The van der Waals surface area contributed by atoms with E-state index in [1.165, 1.54) is 0 Å². The van der Waals surface area contributed by atoms with Gasteiger partial charge in [0.15, 0.2) is 0 Å². The van der Waals surface area contributed by atoms with Crippen LogP contribution in [0.3, 0.4) is 0 Å². The first kappa shape index (κ1) is 15.6. The van der Waals surface area contributed by atoms with E-state index < -0.39 is 0 Å². The van der Waals surface area contributed by atoms with E-state index in [1.807, 2.05) is 12.1 Å². The lowest BCUT2D eigenvalue weighted by atomic mass is 9.88. The summed E-state index contributed by atoms with van der Waals surface area (Å²) >= 11 is 3.27. The van der Waals surface area contributed by atoms with Gasteiger partial charge in [0.25, 0.3) is 0 Å². The Morgan fingerprint density at radius 2 is 1.89 bits per heavy atom. The van der Waals surface area contributed by atoms with Gasteiger partial charge in [-0.3, -0.25) is 0 Å². The van der Waals surface area contributed by atoms with Crippen molar-refractivity contribution >= 4 is 15.9 Å². The highest BCUT2D eigenvalue weighted by Gasteiger charge is 2.23. The maximum absolute atomic E-state index is 14.2. The van der Waals surface area contributed by atoms with Crippen molar-refractivity contribution in [3.63, 3.8) is 0 Å². The van der Waals surface area contributed by atoms with Gasteiger partial charge in [-0.05, 0) is 40.9 Å². The van der Waals surface area contributed by atoms with E-state index in [2.05, 4.69) is 42.0 Å². The Balaban J connectivity index is 3.04. The maximum atomic E-state index is 14.2. The minimum Gasteiger partial charge on any atom is -0.310 e. The van der Waals surface area contributed by atoms with Gasteiger partial charge in [-0.2, -0.15) is 0 Å². The lowest BCUT2D eigenvalue weighted by Crippen LogP contribution is -2.29. The van der Waals surface area contributed by atoms with E-state index in [0.717, 1.165) is 31.4 Å². The molecule has 0 radical (unpaired) electrons. The smallest absolute Gasteiger partial charge is 0.142 e. The second-order valence-corrected chi connectivity index (χ2v) is 5.51. The highest BCUT2D eigenvalue weighted by atomic mass is 79.9. The van der Waals surface area contributed by atoms with Crippen LogP contribution in [0.5, 0.6) is 0 Å². The molecule has 0 aliphatic carbocycles. The number of rotatable bonds is 7. The topological polar surface area (TPSA) is 12.0 Å². The highest BCUT2D eigenvalue weighted by molar-refractivity contribution is 9.10. The number of halogens is 2. The summed E-state index contributed by atoms with van der Waals surface area (Å²) in [6.07, 6.45) is 3.18. The standard InChI is InChI=1S/C15H23BrFN/c1-4-10-18-15(11(5-2)6-3)12-8-7-9-13(16)14(12)17/h7-9,11,15,18H,4-6,10H2,1-3H3. The van der Waals surface area contributed by atoms with E-state index in [0.29, 0.717) is 10.4 Å². The Morgan fingerprint density at radius 3 is 2.44 bits per heavy atom. The van der Waals surface area contributed by atoms with Crippen LogP contribution in [0.2, 0.25) is 0 Å². The summed E-state index contributed by atoms with van der Waals surface area (Å²) in [5.41, 5.74) is 0.784. The van der Waals surface area contributed by atoms with Crippen molar-refractivity contribution in [2.75, 3.05) is 6.54 Å². The Labute approximate surface area is 118 Å². The predicted octanol–water partition coefficient (Wildman–Crippen LogP) is 5.07. The van der Waals surface area contributed by atoms with Crippen LogP contribution in [-0.4, -0.2) is 6.54 Å². The van der Waals surface area contributed by atoms with E-state index in [9.17, 15) is 4.39 Å². The number of hydrogen-bond donors (Lipinski definition) is 1. The SMILES string of the molecule is CCCNC(c1cccc(Br)c1F)C(CC)CC. The number of hydrogen-bond acceptors (Lipinski definition) is 1.